The maximum atomic E-state index is 12.8. The van der Waals surface area contributed by atoms with Gasteiger partial charge in [-0.1, -0.05) is 59.8 Å². The van der Waals surface area contributed by atoms with Crippen molar-refractivity contribution in [2.75, 3.05) is 0 Å². The maximum Gasteiger partial charge on any atom is 0.408 e. The predicted octanol–water partition coefficient (Wildman–Crippen LogP) is 5.89. The first-order valence-corrected chi connectivity index (χ1v) is 10.2. The van der Waals surface area contributed by atoms with Gasteiger partial charge in [0, 0.05) is 11.3 Å². The third-order valence-corrected chi connectivity index (χ3v) is 5.33. The Labute approximate surface area is 172 Å². The van der Waals surface area contributed by atoms with Crippen LogP contribution in [-0.2, 0) is 9.53 Å². The van der Waals surface area contributed by atoms with E-state index in [1.807, 2.05) is 71.9 Å². The smallest absolute Gasteiger partial charge is 0.408 e. The number of hydrogen-bond acceptors (Lipinski definition) is 4. The number of alkyl carbamates (subject to hydrolysis) is 1. The largest absolute Gasteiger partial charge is 0.444 e. The molecule has 0 aliphatic heterocycles. The molecule has 0 radical (unpaired) electrons. The van der Waals surface area contributed by atoms with E-state index in [4.69, 9.17) is 4.74 Å². The number of benzene rings is 2. The number of carbonyl (C=O) groups excluding carboxylic acids is 2. The van der Waals surface area contributed by atoms with Gasteiger partial charge in [0.05, 0.1) is 6.04 Å². The van der Waals surface area contributed by atoms with E-state index in [9.17, 15) is 9.59 Å². The molecule has 0 aromatic heterocycles. The summed E-state index contributed by atoms with van der Waals surface area (Å²) in [6.07, 6.45) is -0.345. The predicted molar refractivity (Wildman–Crippen MR) is 115 cm³/mol. The van der Waals surface area contributed by atoms with Gasteiger partial charge in [-0.15, -0.1) is 0 Å². The second kappa shape index (κ2) is 9.28. The van der Waals surface area contributed by atoms with Crippen molar-refractivity contribution in [3.8, 4) is 0 Å². The van der Waals surface area contributed by atoms with Crippen LogP contribution in [0.5, 0.6) is 0 Å². The number of rotatable bonds is 5. The van der Waals surface area contributed by atoms with Gasteiger partial charge in [-0.25, -0.2) is 4.79 Å². The zero-order chi connectivity index (χ0) is 20.9. The molecule has 0 bridgehead atoms. The van der Waals surface area contributed by atoms with Gasteiger partial charge in [0.1, 0.15) is 5.60 Å². The summed E-state index contributed by atoms with van der Waals surface area (Å²) in [7, 11) is 0. The number of nitrogens with one attached hydrogen (secondary N) is 1. The Morgan fingerprint density at radius 1 is 1.04 bits per heavy atom. The summed E-state index contributed by atoms with van der Waals surface area (Å²) >= 11 is 1.24. The summed E-state index contributed by atoms with van der Waals surface area (Å²) in [6.45, 7) is 11.5. The molecular formula is C23H29NO3S. The highest BCUT2D eigenvalue weighted by Crippen LogP contribution is 2.31. The van der Waals surface area contributed by atoms with E-state index in [2.05, 4.69) is 17.4 Å². The Hall–Kier alpha value is -2.27. The topological polar surface area (TPSA) is 55.4 Å². The van der Waals surface area contributed by atoms with Crippen molar-refractivity contribution >= 4 is 23.0 Å². The van der Waals surface area contributed by atoms with E-state index in [-0.39, 0.29) is 11.5 Å². The van der Waals surface area contributed by atoms with E-state index < -0.39 is 17.7 Å². The molecule has 5 heteroatoms. The van der Waals surface area contributed by atoms with Crippen LogP contribution in [0.4, 0.5) is 4.79 Å². The van der Waals surface area contributed by atoms with Crippen LogP contribution in [0.2, 0.25) is 0 Å². The molecule has 0 heterocycles. The first kappa shape index (κ1) is 22.0. The van der Waals surface area contributed by atoms with Gasteiger partial charge >= 0.3 is 6.09 Å². The van der Waals surface area contributed by atoms with Crippen LogP contribution < -0.4 is 5.32 Å². The van der Waals surface area contributed by atoms with Gasteiger partial charge in [0.2, 0.25) is 0 Å². The van der Waals surface area contributed by atoms with Crippen molar-refractivity contribution in [2.24, 2.45) is 0 Å². The Bertz CT molecular complexity index is 818. The molecule has 28 heavy (non-hydrogen) atoms. The van der Waals surface area contributed by atoms with E-state index in [1.54, 1.807) is 0 Å². The van der Waals surface area contributed by atoms with E-state index >= 15 is 0 Å². The van der Waals surface area contributed by atoms with Gasteiger partial charge in [-0.2, -0.15) is 0 Å². The molecule has 1 amide bonds. The standard InChI is InChI=1S/C23H29NO3S/c1-15-12-16(2)21(17(3)13-15)28-20(25)14-19(18-10-8-7-9-11-18)24-22(26)27-23(4,5)6/h7-13,19H,14H2,1-6H3,(H,24,26)/t19-/m1/s1. The summed E-state index contributed by atoms with van der Waals surface area (Å²) in [5.41, 5.74) is 3.64. The van der Waals surface area contributed by atoms with Gasteiger partial charge < -0.3 is 10.1 Å². The average molecular weight is 400 g/mol. The van der Waals surface area contributed by atoms with Gasteiger partial charge in [-0.05, 0) is 58.2 Å². The second-order valence-corrected chi connectivity index (χ2v) is 9.08. The minimum Gasteiger partial charge on any atom is -0.444 e. The molecule has 1 N–H and O–H groups in total. The second-order valence-electron chi connectivity index (χ2n) is 8.02. The molecule has 0 saturated carbocycles. The van der Waals surface area contributed by atoms with Crippen molar-refractivity contribution in [1.29, 1.82) is 0 Å². The molecular weight excluding hydrogens is 370 g/mol. The van der Waals surface area contributed by atoms with Crippen LogP contribution in [0.3, 0.4) is 0 Å². The lowest BCUT2D eigenvalue weighted by Gasteiger charge is -2.23. The third-order valence-electron chi connectivity index (χ3n) is 4.08. The normalized spacial score (nSPS) is 12.4. The molecule has 2 aromatic rings. The van der Waals surface area contributed by atoms with Crippen LogP contribution in [0, 0.1) is 20.8 Å². The fourth-order valence-corrected chi connectivity index (χ4v) is 3.95. The molecule has 4 nitrogen and oxygen atoms in total. The Kier molecular flexibility index (Phi) is 7.30. The number of carbonyl (C=O) groups is 2. The van der Waals surface area contributed by atoms with Crippen molar-refractivity contribution in [1.82, 2.24) is 5.32 Å². The summed E-state index contributed by atoms with van der Waals surface area (Å²) in [6, 6.07) is 13.2. The van der Waals surface area contributed by atoms with Gasteiger partial charge in [-0.3, -0.25) is 4.79 Å². The molecule has 1 atom stereocenters. The Morgan fingerprint density at radius 2 is 1.61 bits per heavy atom. The lowest BCUT2D eigenvalue weighted by molar-refractivity contribution is -0.111. The van der Waals surface area contributed by atoms with Crippen LogP contribution in [-0.4, -0.2) is 16.8 Å². The van der Waals surface area contributed by atoms with Gasteiger partial charge in [0.25, 0.3) is 0 Å². The van der Waals surface area contributed by atoms with Crippen molar-refractivity contribution < 1.29 is 14.3 Å². The Balaban J connectivity index is 2.16. The molecule has 0 aliphatic carbocycles. The zero-order valence-corrected chi connectivity index (χ0v) is 18.3. The maximum absolute atomic E-state index is 12.8. The van der Waals surface area contributed by atoms with Crippen LogP contribution in [0.1, 0.15) is 55.5 Å². The molecule has 0 spiro atoms. The molecule has 0 fully saturated rings. The Morgan fingerprint density at radius 3 is 2.14 bits per heavy atom. The average Bonchev–Trinajstić information content (AvgIpc) is 2.56. The minimum absolute atomic E-state index is 0.0000326. The van der Waals surface area contributed by atoms with Crippen LogP contribution in [0.25, 0.3) is 0 Å². The summed E-state index contributed by atoms with van der Waals surface area (Å²) in [4.78, 5) is 26.1. The number of ether oxygens (including phenoxy) is 1. The van der Waals surface area contributed by atoms with E-state index in [1.165, 1.54) is 17.3 Å². The summed E-state index contributed by atoms with van der Waals surface area (Å²) < 4.78 is 5.37. The zero-order valence-electron chi connectivity index (χ0n) is 17.5. The van der Waals surface area contributed by atoms with Gasteiger partial charge in [0.15, 0.2) is 5.12 Å². The number of hydrogen-bond donors (Lipinski definition) is 1. The lowest BCUT2D eigenvalue weighted by Crippen LogP contribution is -2.35. The van der Waals surface area contributed by atoms with Crippen molar-refractivity contribution in [3.63, 3.8) is 0 Å². The molecule has 0 unspecified atom stereocenters. The highest BCUT2D eigenvalue weighted by Gasteiger charge is 2.23. The molecule has 0 saturated heterocycles. The molecule has 0 aliphatic rings. The first-order chi connectivity index (χ1) is 13.0. The molecule has 2 rings (SSSR count). The van der Waals surface area contributed by atoms with Crippen LogP contribution in [0.15, 0.2) is 47.4 Å². The number of amides is 1. The fourth-order valence-electron chi connectivity index (χ4n) is 3.04. The van der Waals surface area contributed by atoms with E-state index in [0.29, 0.717) is 0 Å². The highest BCUT2D eigenvalue weighted by atomic mass is 32.2. The summed E-state index contributed by atoms with van der Waals surface area (Å²) in [5, 5.41) is 2.85. The summed E-state index contributed by atoms with van der Waals surface area (Å²) in [5.74, 6) is 0. The number of aryl methyl sites for hydroxylation is 3. The monoisotopic (exact) mass is 399 g/mol. The first-order valence-electron chi connectivity index (χ1n) is 9.38. The SMILES string of the molecule is Cc1cc(C)c(SC(=O)C[C@@H](NC(=O)OC(C)(C)C)c2ccccc2)c(C)c1. The van der Waals surface area contributed by atoms with Crippen LogP contribution >= 0.6 is 11.8 Å². The molecule has 2 aromatic carbocycles. The van der Waals surface area contributed by atoms with Crippen molar-refractivity contribution in [2.45, 2.75) is 64.5 Å². The van der Waals surface area contributed by atoms with E-state index in [0.717, 1.165) is 21.6 Å². The van der Waals surface area contributed by atoms with Crippen molar-refractivity contribution in [3.05, 3.63) is 64.7 Å². The highest BCUT2D eigenvalue weighted by molar-refractivity contribution is 8.13. The number of thioether (sulfide) groups is 1. The minimum atomic E-state index is -0.597. The quantitative estimate of drug-likeness (QED) is 0.637. The third kappa shape index (κ3) is 6.71. The molecule has 150 valence electrons. The fraction of sp³-hybridized carbons (Fsp3) is 0.391. The lowest BCUT2D eigenvalue weighted by atomic mass is 10.0.